The highest BCUT2D eigenvalue weighted by atomic mass is 35.5. The lowest BCUT2D eigenvalue weighted by molar-refractivity contribution is 0.0939. The van der Waals surface area contributed by atoms with Gasteiger partial charge in [-0.3, -0.25) is 9.78 Å². The molecule has 3 aromatic rings. The van der Waals surface area contributed by atoms with Gasteiger partial charge in [0.05, 0.1) is 12.7 Å². The zero-order valence-corrected chi connectivity index (χ0v) is 24.4. The average Bonchev–Trinajstić information content (AvgIpc) is 2.92. The minimum atomic E-state index is -0.884. The number of ether oxygens (including phenoxy) is 1. The third kappa shape index (κ3) is 7.29. The molecule has 41 heavy (non-hydrogen) atoms. The number of methoxy groups -OCH3 is 1. The molecule has 1 fully saturated rings. The smallest absolute Gasteiger partial charge is 0.256 e. The van der Waals surface area contributed by atoms with Crippen LogP contribution in [0.3, 0.4) is 0 Å². The summed E-state index contributed by atoms with van der Waals surface area (Å²) in [5.74, 6) is -3.28. The first kappa shape index (κ1) is 30.6. The molecule has 0 aliphatic carbocycles. The van der Waals surface area contributed by atoms with Gasteiger partial charge >= 0.3 is 0 Å². The maximum Gasteiger partial charge on any atom is 0.256 e. The molecule has 0 radical (unpaired) electrons. The van der Waals surface area contributed by atoms with Crippen LogP contribution in [0.1, 0.15) is 53.2 Å². The molecular formula is C30H35ClF3N5O2. The summed E-state index contributed by atoms with van der Waals surface area (Å²) in [7, 11) is 1.24. The van der Waals surface area contributed by atoms with E-state index in [1.54, 1.807) is 19.3 Å². The molecule has 0 saturated carbocycles. The van der Waals surface area contributed by atoms with Gasteiger partial charge in [0.1, 0.15) is 5.15 Å². The first-order chi connectivity index (χ1) is 19.6. The summed E-state index contributed by atoms with van der Waals surface area (Å²) in [6.07, 6.45) is 5.75. The molecule has 1 aliphatic rings. The normalized spacial score (nSPS) is 15.0. The molecule has 1 N–H and O–H groups in total. The van der Waals surface area contributed by atoms with Gasteiger partial charge in [-0.25, -0.2) is 13.8 Å². The van der Waals surface area contributed by atoms with Crippen molar-refractivity contribution in [3.63, 3.8) is 0 Å². The van der Waals surface area contributed by atoms with Crippen molar-refractivity contribution in [2.75, 3.05) is 31.6 Å². The molecule has 0 bridgehead atoms. The minimum Gasteiger partial charge on any atom is -0.491 e. The molecule has 11 heteroatoms. The number of anilines is 1. The number of pyridine rings is 2. The number of nitrogens with one attached hydrogen (secondary N) is 1. The van der Waals surface area contributed by atoms with Crippen LogP contribution in [-0.4, -0.2) is 59.6 Å². The van der Waals surface area contributed by atoms with Crippen molar-refractivity contribution < 1.29 is 22.7 Å². The molecule has 7 nitrogen and oxygen atoms in total. The van der Waals surface area contributed by atoms with E-state index < -0.39 is 29.2 Å². The number of amides is 1. The van der Waals surface area contributed by atoms with Gasteiger partial charge in [-0.15, -0.1) is 0 Å². The lowest BCUT2D eigenvalue weighted by atomic mass is 9.98. The number of aryl methyl sites for hydroxylation is 2. The zero-order chi connectivity index (χ0) is 29.7. The SMILES string of the molecule is COc1c(F)cc(N(Cc2cnccc2C)C2CCN([C@H](C)CCNC(=O)c3c(C)cc(Cl)nc3F)CC2)cc1F. The lowest BCUT2D eigenvalue weighted by Crippen LogP contribution is -2.48. The van der Waals surface area contributed by atoms with Crippen LogP contribution in [0.15, 0.2) is 36.7 Å². The van der Waals surface area contributed by atoms with Crippen LogP contribution in [0.4, 0.5) is 18.9 Å². The number of benzene rings is 1. The zero-order valence-electron chi connectivity index (χ0n) is 23.7. The van der Waals surface area contributed by atoms with E-state index in [4.69, 9.17) is 16.3 Å². The molecule has 0 unspecified atom stereocenters. The van der Waals surface area contributed by atoms with E-state index in [1.807, 2.05) is 13.0 Å². The molecule has 1 atom stereocenters. The number of halogens is 4. The standard InChI is InChI=1S/C30H35ClF3N5O2/c1-18-5-9-35-16-21(18)17-39(23-14-24(32)28(41-4)25(33)15-23)22-7-11-38(12-8-22)20(3)6-10-36-30(40)27-19(2)13-26(31)37-29(27)34/h5,9,13-16,20,22H,6-8,10-12,17H2,1-4H3,(H,36,40)/t20-/m1/s1. The van der Waals surface area contributed by atoms with Gasteiger partial charge in [-0.05, 0) is 68.9 Å². The Morgan fingerprint density at radius 3 is 2.46 bits per heavy atom. The number of nitrogens with zero attached hydrogens (tertiary/aromatic N) is 4. The largest absolute Gasteiger partial charge is 0.491 e. The monoisotopic (exact) mass is 589 g/mol. The molecule has 220 valence electrons. The second kappa shape index (κ2) is 13.5. The summed E-state index contributed by atoms with van der Waals surface area (Å²) in [6, 6.07) is 6.24. The third-order valence-electron chi connectivity index (χ3n) is 7.79. The Hall–Kier alpha value is -3.37. The fourth-order valence-corrected chi connectivity index (χ4v) is 5.59. The maximum atomic E-state index is 14.7. The predicted octanol–water partition coefficient (Wildman–Crippen LogP) is 5.85. The topological polar surface area (TPSA) is 70.6 Å². The highest BCUT2D eigenvalue weighted by Crippen LogP contribution is 2.32. The fourth-order valence-electron chi connectivity index (χ4n) is 5.36. The Morgan fingerprint density at radius 1 is 1.17 bits per heavy atom. The number of likely N-dealkylation sites (tertiary alicyclic amines) is 1. The Labute approximate surface area is 243 Å². The summed E-state index contributed by atoms with van der Waals surface area (Å²) in [4.78, 5) is 24.7. The number of piperidine rings is 1. The Balaban J connectivity index is 1.39. The third-order valence-corrected chi connectivity index (χ3v) is 7.98. The van der Waals surface area contributed by atoms with Crippen molar-refractivity contribution in [3.8, 4) is 5.75 Å². The molecule has 1 amide bonds. The van der Waals surface area contributed by atoms with Crippen LogP contribution >= 0.6 is 11.6 Å². The highest BCUT2D eigenvalue weighted by Gasteiger charge is 2.29. The van der Waals surface area contributed by atoms with E-state index in [9.17, 15) is 18.0 Å². The van der Waals surface area contributed by atoms with Crippen LogP contribution in [0, 0.1) is 31.4 Å². The lowest BCUT2D eigenvalue weighted by Gasteiger charge is -2.42. The average molecular weight is 590 g/mol. The molecule has 3 heterocycles. The van der Waals surface area contributed by atoms with Crippen LogP contribution in [-0.2, 0) is 6.54 Å². The van der Waals surface area contributed by atoms with Crippen molar-refractivity contribution in [1.29, 1.82) is 0 Å². The summed E-state index contributed by atoms with van der Waals surface area (Å²) in [6.45, 7) is 8.09. The number of carbonyl (C=O) groups is 1. The van der Waals surface area contributed by atoms with Crippen LogP contribution in [0.25, 0.3) is 0 Å². The molecular weight excluding hydrogens is 555 g/mol. The van der Waals surface area contributed by atoms with Gasteiger partial charge in [0.15, 0.2) is 17.4 Å². The number of carbonyl (C=O) groups excluding carboxylic acids is 1. The summed E-state index contributed by atoms with van der Waals surface area (Å²) in [5, 5.41) is 2.79. The summed E-state index contributed by atoms with van der Waals surface area (Å²) < 4.78 is 48.5. The van der Waals surface area contributed by atoms with Gasteiger partial charge in [0.25, 0.3) is 5.91 Å². The van der Waals surface area contributed by atoms with Crippen molar-refractivity contribution in [2.45, 2.75) is 58.7 Å². The van der Waals surface area contributed by atoms with E-state index in [0.29, 0.717) is 30.8 Å². The first-order valence-corrected chi connectivity index (χ1v) is 14.0. The van der Waals surface area contributed by atoms with Crippen molar-refractivity contribution >= 4 is 23.2 Å². The number of rotatable bonds is 10. The van der Waals surface area contributed by atoms with Gasteiger partial charge in [-0.1, -0.05) is 11.6 Å². The number of aromatic nitrogens is 2. The van der Waals surface area contributed by atoms with Crippen molar-refractivity contribution in [3.05, 3.63) is 81.6 Å². The van der Waals surface area contributed by atoms with Gasteiger partial charge in [-0.2, -0.15) is 4.39 Å². The number of hydrogen-bond donors (Lipinski definition) is 1. The summed E-state index contributed by atoms with van der Waals surface area (Å²) >= 11 is 5.76. The molecule has 1 aliphatic heterocycles. The van der Waals surface area contributed by atoms with E-state index in [2.05, 4.69) is 32.0 Å². The fraction of sp³-hybridized carbons (Fsp3) is 0.433. The first-order valence-electron chi connectivity index (χ1n) is 13.6. The van der Waals surface area contributed by atoms with Gasteiger partial charge in [0.2, 0.25) is 5.95 Å². The van der Waals surface area contributed by atoms with E-state index in [0.717, 1.165) is 37.1 Å². The Kier molecular flexibility index (Phi) is 10.1. The number of hydrogen-bond acceptors (Lipinski definition) is 6. The van der Waals surface area contributed by atoms with E-state index in [-0.39, 0.29) is 22.8 Å². The van der Waals surface area contributed by atoms with E-state index >= 15 is 0 Å². The second-order valence-corrected chi connectivity index (χ2v) is 10.8. The predicted molar refractivity (Wildman–Crippen MR) is 153 cm³/mol. The van der Waals surface area contributed by atoms with Crippen LogP contribution in [0.5, 0.6) is 5.75 Å². The quantitative estimate of drug-likeness (QED) is 0.299. The van der Waals surface area contributed by atoms with Crippen molar-refractivity contribution in [2.24, 2.45) is 0 Å². The second-order valence-electron chi connectivity index (χ2n) is 10.5. The Morgan fingerprint density at radius 2 is 1.85 bits per heavy atom. The van der Waals surface area contributed by atoms with Gasteiger partial charge in [0, 0.05) is 68.5 Å². The Bertz CT molecular complexity index is 1340. The van der Waals surface area contributed by atoms with Crippen molar-refractivity contribution in [1.82, 2.24) is 20.2 Å². The minimum absolute atomic E-state index is 0.00460. The molecule has 4 rings (SSSR count). The van der Waals surface area contributed by atoms with Crippen LogP contribution < -0.4 is 15.0 Å². The van der Waals surface area contributed by atoms with Crippen LogP contribution in [0.2, 0.25) is 5.15 Å². The molecule has 0 spiro atoms. The van der Waals surface area contributed by atoms with E-state index in [1.165, 1.54) is 25.3 Å². The maximum absolute atomic E-state index is 14.7. The molecule has 2 aromatic heterocycles. The molecule has 1 aromatic carbocycles. The molecule has 1 saturated heterocycles. The highest BCUT2D eigenvalue weighted by molar-refractivity contribution is 6.29. The summed E-state index contributed by atoms with van der Waals surface area (Å²) in [5.41, 5.74) is 2.82. The van der Waals surface area contributed by atoms with Gasteiger partial charge < -0.3 is 19.9 Å².